The normalized spacial score (nSPS) is 14.2. The zero-order chi connectivity index (χ0) is 22.0. The molecule has 0 N–H and O–H groups in total. The molecule has 0 radical (unpaired) electrons. The largest absolute Gasteiger partial charge is 0.236 e. The molecular weight excluding hydrogens is 388 g/mol. The highest BCUT2D eigenvalue weighted by atomic mass is 14.9. The van der Waals surface area contributed by atoms with E-state index in [1.807, 2.05) is 0 Å². The summed E-state index contributed by atoms with van der Waals surface area (Å²) < 4.78 is 0. The maximum atomic E-state index is 5.15. The van der Waals surface area contributed by atoms with E-state index in [2.05, 4.69) is 107 Å². The maximum absolute atomic E-state index is 5.15. The predicted octanol–water partition coefficient (Wildman–Crippen LogP) is 7.88. The van der Waals surface area contributed by atoms with Crippen LogP contribution in [0.25, 0.3) is 43.9 Å². The Hall–Kier alpha value is -3.52. The molecule has 4 aromatic carbocycles. The maximum Gasteiger partial charge on any atom is 0.131 e. The summed E-state index contributed by atoms with van der Waals surface area (Å²) in [6, 6.07) is 28.5. The van der Waals surface area contributed by atoms with Gasteiger partial charge in [-0.2, -0.15) is 0 Å². The van der Waals surface area contributed by atoms with E-state index in [4.69, 9.17) is 9.97 Å². The lowest BCUT2D eigenvalue weighted by atomic mass is 9.84. The van der Waals surface area contributed by atoms with Crippen molar-refractivity contribution >= 4 is 21.5 Å². The minimum absolute atomic E-state index is 0.174. The second-order valence-electron chi connectivity index (χ2n) is 9.74. The molecule has 0 spiro atoms. The Bertz CT molecular complexity index is 1530. The average Bonchev–Trinajstić information content (AvgIpc) is 3.03. The third-order valence-electron chi connectivity index (χ3n) is 6.89. The van der Waals surface area contributed by atoms with Crippen LogP contribution in [0.3, 0.4) is 0 Å². The van der Waals surface area contributed by atoms with Crippen LogP contribution in [0.1, 0.15) is 50.7 Å². The Kier molecular flexibility index (Phi) is 4.04. The molecule has 1 heterocycles. The molecule has 0 saturated carbocycles. The van der Waals surface area contributed by atoms with Gasteiger partial charge in [0, 0.05) is 22.5 Å². The van der Waals surface area contributed by atoms with Gasteiger partial charge in [0.15, 0.2) is 0 Å². The van der Waals surface area contributed by atoms with Crippen LogP contribution in [-0.4, -0.2) is 9.97 Å². The van der Waals surface area contributed by atoms with E-state index < -0.39 is 0 Å². The smallest absolute Gasteiger partial charge is 0.131 e. The molecule has 6 rings (SSSR count). The van der Waals surface area contributed by atoms with Crippen LogP contribution >= 0.6 is 0 Å². The van der Waals surface area contributed by atoms with Crippen molar-refractivity contribution in [2.45, 2.75) is 39.0 Å². The Morgan fingerprint density at radius 1 is 0.688 bits per heavy atom. The molecule has 1 aliphatic carbocycles. The molecule has 2 nitrogen and oxygen atoms in total. The highest BCUT2D eigenvalue weighted by molar-refractivity contribution is 5.98. The first kappa shape index (κ1) is 19.2. The molecular formula is C30H26N2. The van der Waals surface area contributed by atoms with Crippen LogP contribution in [0.2, 0.25) is 0 Å². The standard InChI is InChI=1S/C30H26N2/c1-18(2)29-31-27(23-14-13-19-9-5-6-10-20(19)15-23)26-24-16-21-11-7-8-12-22(21)17-25(24)30(3,4)28(26)32-29/h5-18H,1-4H3. The number of nitrogens with zero attached hydrogens (tertiary/aromatic N) is 2. The van der Waals surface area contributed by atoms with Crippen molar-refractivity contribution in [1.29, 1.82) is 0 Å². The van der Waals surface area contributed by atoms with E-state index >= 15 is 0 Å². The molecule has 0 amide bonds. The van der Waals surface area contributed by atoms with Crippen LogP contribution in [-0.2, 0) is 5.41 Å². The van der Waals surface area contributed by atoms with Gasteiger partial charge < -0.3 is 0 Å². The molecule has 1 aliphatic rings. The van der Waals surface area contributed by atoms with E-state index in [-0.39, 0.29) is 11.3 Å². The second kappa shape index (κ2) is 6.74. The molecule has 156 valence electrons. The fourth-order valence-electron chi connectivity index (χ4n) is 5.08. The van der Waals surface area contributed by atoms with Gasteiger partial charge in [0.05, 0.1) is 11.4 Å². The number of aromatic nitrogens is 2. The lowest BCUT2D eigenvalue weighted by Gasteiger charge is -2.22. The van der Waals surface area contributed by atoms with E-state index in [0.717, 1.165) is 22.8 Å². The van der Waals surface area contributed by atoms with Crippen LogP contribution in [0.5, 0.6) is 0 Å². The lowest BCUT2D eigenvalue weighted by molar-refractivity contribution is 0.622. The van der Waals surface area contributed by atoms with E-state index in [1.165, 1.54) is 38.2 Å². The summed E-state index contributed by atoms with van der Waals surface area (Å²) in [6.07, 6.45) is 0. The highest BCUT2D eigenvalue weighted by Gasteiger charge is 2.40. The summed E-state index contributed by atoms with van der Waals surface area (Å²) in [4.78, 5) is 10.3. The number of fused-ring (bicyclic) bond motifs is 5. The average molecular weight is 415 g/mol. The summed E-state index contributed by atoms with van der Waals surface area (Å²) in [5.41, 5.74) is 6.96. The number of hydrogen-bond acceptors (Lipinski definition) is 2. The number of rotatable bonds is 2. The SMILES string of the molecule is CC(C)c1nc(-c2ccc3ccccc3c2)c2c(n1)C(C)(C)c1cc3ccccc3cc1-2. The van der Waals surface area contributed by atoms with Crippen LogP contribution in [0, 0.1) is 0 Å². The van der Waals surface area contributed by atoms with Gasteiger partial charge in [-0.3, -0.25) is 0 Å². The molecule has 0 fully saturated rings. The van der Waals surface area contributed by atoms with Crippen LogP contribution in [0.4, 0.5) is 0 Å². The number of hydrogen-bond donors (Lipinski definition) is 0. The molecule has 0 bridgehead atoms. The van der Waals surface area contributed by atoms with Crippen molar-refractivity contribution in [3.63, 3.8) is 0 Å². The fraction of sp³-hybridized carbons (Fsp3) is 0.200. The Morgan fingerprint density at radius 3 is 2.00 bits per heavy atom. The van der Waals surface area contributed by atoms with Crippen molar-refractivity contribution in [1.82, 2.24) is 9.97 Å². The molecule has 5 aromatic rings. The summed E-state index contributed by atoms with van der Waals surface area (Å²) in [6.45, 7) is 8.95. The van der Waals surface area contributed by atoms with Gasteiger partial charge in [-0.1, -0.05) is 88.4 Å². The predicted molar refractivity (Wildman–Crippen MR) is 134 cm³/mol. The highest BCUT2D eigenvalue weighted by Crippen LogP contribution is 2.52. The van der Waals surface area contributed by atoms with Crippen molar-refractivity contribution in [3.8, 4) is 22.4 Å². The van der Waals surface area contributed by atoms with Crippen molar-refractivity contribution in [3.05, 3.63) is 95.9 Å². The van der Waals surface area contributed by atoms with E-state index in [9.17, 15) is 0 Å². The quantitative estimate of drug-likeness (QED) is 0.293. The van der Waals surface area contributed by atoms with Crippen LogP contribution < -0.4 is 0 Å². The van der Waals surface area contributed by atoms with Crippen molar-refractivity contribution in [2.24, 2.45) is 0 Å². The Labute approximate surface area is 189 Å². The summed E-state index contributed by atoms with van der Waals surface area (Å²) in [5, 5.41) is 5.01. The molecule has 0 unspecified atom stereocenters. The molecule has 2 heteroatoms. The van der Waals surface area contributed by atoms with Gasteiger partial charge in [-0.15, -0.1) is 0 Å². The minimum atomic E-state index is -0.174. The number of benzene rings is 4. The third-order valence-corrected chi connectivity index (χ3v) is 6.89. The van der Waals surface area contributed by atoms with Gasteiger partial charge in [0.25, 0.3) is 0 Å². The van der Waals surface area contributed by atoms with Crippen molar-refractivity contribution < 1.29 is 0 Å². The second-order valence-corrected chi connectivity index (χ2v) is 9.74. The lowest BCUT2D eigenvalue weighted by Crippen LogP contribution is -2.18. The zero-order valence-corrected chi connectivity index (χ0v) is 19.0. The Balaban J connectivity index is 1.71. The van der Waals surface area contributed by atoms with E-state index in [1.54, 1.807) is 0 Å². The first-order chi connectivity index (χ1) is 15.4. The first-order valence-corrected chi connectivity index (χ1v) is 11.4. The van der Waals surface area contributed by atoms with E-state index in [0.29, 0.717) is 0 Å². The molecule has 1 aromatic heterocycles. The fourth-order valence-corrected chi connectivity index (χ4v) is 5.08. The summed E-state index contributed by atoms with van der Waals surface area (Å²) in [5.74, 6) is 1.18. The summed E-state index contributed by atoms with van der Waals surface area (Å²) >= 11 is 0. The zero-order valence-electron chi connectivity index (χ0n) is 19.0. The molecule has 0 saturated heterocycles. The monoisotopic (exact) mass is 414 g/mol. The van der Waals surface area contributed by atoms with Crippen molar-refractivity contribution in [2.75, 3.05) is 0 Å². The minimum Gasteiger partial charge on any atom is -0.236 e. The van der Waals surface area contributed by atoms with Gasteiger partial charge in [0.1, 0.15) is 5.82 Å². The third kappa shape index (κ3) is 2.72. The first-order valence-electron chi connectivity index (χ1n) is 11.4. The molecule has 0 atom stereocenters. The summed E-state index contributed by atoms with van der Waals surface area (Å²) in [7, 11) is 0. The van der Waals surface area contributed by atoms with Gasteiger partial charge in [-0.25, -0.2) is 9.97 Å². The molecule has 32 heavy (non-hydrogen) atoms. The Morgan fingerprint density at radius 2 is 1.31 bits per heavy atom. The molecule has 0 aliphatic heterocycles. The topological polar surface area (TPSA) is 25.8 Å². The van der Waals surface area contributed by atoms with Gasteiger partial charge in [-0.05, 0) is 50.9 Å². The van der Waals surface area contributed by atoms with Gasteiger partial charge >= 0.3 is 0 Å². The van der Waals surface area contributed by atoms with Crippen LogP contribution in [0.15, 0.2) is 78.9 Å². The van der Waals surface area contributed by atoms with Gasteiger partial charge in [0.2, 0.25) is 0 Å².